The Kier molecular flexibility index (Phi) is 5.98. The Morgan fingerprint density at radius 3 is 2.44 bits per heavy atom. The number of carbonyl (C=O) groups is 1. The lowest BCUT2D eigenvalue weighted by molar-refractivity contribution is 0.0272. The van der Waals surface area contributed by atoms with Crippen molar-refractivity contribution in [2.75, 3.05) is 31.0 Å². The van der Waals surface area contributed by atoms with Crippen LogP contribution in [0.2, 0.25) is 0 Å². The Labute approximate surface area is 186 Å². The summed E-state index contributed by atoms with van der Waals surface area (Å²) in [5.74, 6) is -0.368. The minimum atomic E-state index is -3.86. The number of morpholine rings is 1. The van der Waals surface area contributed by atoms with Crippen molar-refractivity contribution in [3.63, 3.8) is 0 Å². The average molecular weight is 457 g/mol. The molecular formula is C22H24N4O5S. The fraction of sp³-hybridized carbons (Fsp3) is 0.318. The number of hydrogen-bond acceptors (Lipinski definition) is 7. The Morgan fingerprint density at radius 1 is 1.00 bits per heavy atom. The summed E-state index contributed by atoms with van der Waals surface area (Å²) in [5, 5.41) is 3.88. The molecule has 0 atom stereocenters. The highest BCUT2D eigenvalue weighted by atomic mass is 32.2. The molecule has 1 fully saturated rings. The smallest absolute Gasteiger partial charge is 0.316 e. The lowest BCUT2D eigenvalue weighted by atomic mass is 10.1. The first-order valence-corrected chi connectivity index (χ1v) is 11.6. The standard InChI is InChI=1S/C22H24N4O5S/c1-14-5-7-18(12-16(14)3)25-32(28,29)19-13-17(6-4-15(19)2)20-23-21(31-24-20)22(27)26-8-10-30-11-9-26/h4-7,12-13,25H,8-11H2,1-3H3. The maximum absolute atomic E-state index is 13.1. The van der Waals surface area contributed by atoms with Crippen LogP contribution in [0, 0.1) is 20.8 Å². The van der Waals surface area contributed by atoms with E-state index in [0.29, 0.717) is 43.1 Å². The maximum atomic E-state index is 13.1. The third kappa shape index (κ3) is 4.51. The molecule has 0 spiro atoms. The summed E-state index contributed by atoms with van der Waals surface area (Å²) in [6, 6.07) is 10.2. The SMILES string of the molecule is Cc1ccc(NS(=O)(=O)c2cc(-c3noc(C(=O)N4CCOCC4)n3)ccc2C)cc1C. The zero-order valence-electron chi connectivity index (χ0n) is 18.1. The van der Waals surface area contributed by atoms with Gasteiger partial charge in [0.05, 0.1) is 18.1 Å². The average Bonchev–Trinajstić information content (AvgIpc) is 3.26. The van der Waals surface area contributed by atoms with E-state index < -0.39 is 10.0 Å². The van der Waals surface area contributed by atoms with Gasteiger partial charge in [0.2, 0.25) is 5.82 Å². The molecule has 10 heteroatoms. The van der Waals surface area contributed by atoms with Crippen LogP contribution < -0.4 is 4.72 Å². The molecule has 0 saturated carbocycles. The molecule has 0 radical (unpaired) electrons. The number of hydrogen-bond donors (Lipinski definition) is 1. The molecule has 0 aliphatic carbocycles. The molecule has 1 saturated heterocycles. The van der Waals surface area contributed by atoms with Gasteiger partial charge in [0.15, 0.2) is 0 Å². The van der Waals surface area contributed by atoms with Crippen molar-refractivity contribution >= 4 is 21.6 Å². The number of nitrogens with zero attached hydrogens (tertiary/aromatic N) is 3. The van der Waals surface area contributed by atoms with Gasteiger partial charge in [-0.15, -0.1) is 0 Å². The number of carbonyl (C=O) groups excluding carboxylic acids is 1. The second kappa shape index (κ2) is 8.71. The summed E-state index contributed by atoms with van der Waals surface area (Å²) in [6.45, 7) is 7.41. The number of rotatable bonds is 5. The molecule has 1 aromatic heterocycles. The molecule has 2 aromatic carbocycles. The van der Waals surface area contributed by atoms with E-state index in [9.17, 15) is 13.2 Å². The predicted octanol–water partition coefficient (Wildman–Crippen LogP) is 2.94. The van der Waals surface area contributed by atoms with Crippen molar-refractivity contribution in [3.05, 3.63) is 59.0 Å². The number of amides is 1. The molecule has 2 heterocycles. The molecule has 9 nitrogen and oxygen atoms in total. The molecule has 1 aliphatic rings. The van der Waals surface area contributed by atoms with E-state index in [4.69, 9.17) is 9.26 Å². The van der Waals surface area contributed by atoms with Crippen LogP contribution in [0.3, 0.4) is 0 Å². The number of ether oxygens (including phenoxy) is 1. The summed E-state index contributed by atoms with van der Waals surface area (Å²) >= 11 is 0. The molecule has 1 amide bonds. The lowest BCUT2D eigenvalue weighted by Gasteiger charge is -2.25. The van der Waals surface area contributed by atoms with Crippen molar-refractivity contribution < 1.29 is 22.5 Å². The third-order valence-electron chi connectivity index (χ3n) is 5.40. The number of anilines is 1. The normalized spacial score (nSPS) is 14.4. The third-order valence-corrected chi connectivity index (χ3v) is 6.93. The van der Waals surface area contributed by atoms with E-state index in [1.807, 2.05) is 19.9 Å². The fourth-order valence-electron chi connectivity index (χ4n) is 3.37. The van der Waals surface area contributed by atoms with E-state index in [1.165, 1.54) is 6.07 Å². The molecule has 168 valence electrons. The lowest BCUT2D eigenvalue weighted by Crippen LogP contribution is -2.40. The summed E-state index contributed by atoms with van der Waals surface area (Å²) in [4.78, 5) is 18.4. The topological polar surface area (TPSA) is 115 Å². The highest BCUT2D eigenvalue weighted by Gasteiger charge is 2.25. The van der Waals surface area contributed by atoms with Gasteiger partial charge in [0.1, 0.15) is 0 Å². The highest BCUT2D eigenvalue weighted by molar-refractivity contribution is 7.92. The molecular weight excluding hydrogens is 432 g/mol. The molecule has 32 heavy (non-hydrogen) atoms. The summed E-state index contributed by atoms with van der Waals surface area (Å²) in [6.07, 6.45) is 0. The number of aromatic nitrogens is 2. The van der Waals surface area contributed by atoms with Crippen LogP contribution >= 0.6 is 0 Å². The van der Waals surface area contributed by atoms with E-state index >= 15 is 0 Å². The van der Waals surface area contributed by atoms with E-state index in [1.54, 1.807) is 36.1 Å². The van der Waals surface area contributed by atoms with E-state index in [2.05, 4.69) is 14.9 Å². The first-order chi connectivity index (χ1) is 15.2. The number of aryl methyl sites for hydroxylation is 3. The second-order valence-electron chi connectivity index (χ2n) is 7.71. The highest BCUT2D eigenvalue weighted by Crippen LogP contribution is 2.26. The van der Waals surface area contributed by atoms with Crippen molar-refractivity contribution in [2.45, 2.75) is 25.7 Å². The number of sulfonamides is 1. The van der Waals surface area contributed by atoms with Crippen LogP contribution in [0.4, 0.5) is 5.69 Å². The van der Waals surface area contributed by atoms with Gasteiger partial charge in [-0.05, 0) is 55.7 Å². The van der Waals surface area contributed by atoms with Gasteiger partial charge in [-0.3, -0.25) is 9.52 Å². The minimum absolute atomic E-state index is 0.0964. The van der Waals surface area contributed by atoms with Crippen LogP contribution in [0.5, 0.6) is 0 Å². The number of benzene rings is 2. The second-order valence-corrected chi connectivity index (χ2v) is 9.36. The zero-order valence-corrected chi connectivity index (χ0v) is 18.9. The maximum Gasteiger partial charge on any atom is 0.316 e. The van der Waals surface area contributed by atoms with Crippen LogP contribution in [-0.2, 0) is 14.8 Å². The summed E-state index contributed by atoms with van der Waals surface area (Å²) < 4.78 is 39.2. The Balaban J connectivity index is 1.60. The van der Waals surface area contributed by atoms with Gasteiger partial charge >= 0.3 is 11.8 Å². The van der Waals surface area contributed by atoms with E-state index in [-0.39, 0.29) is 22.5 Å². The monoisotopic (exact) mass is 456 g/mol. The van der Waals surface area contributed by atoms with Crippen LogP contribution in [-0.4, -0.2) is 55.7 Å². The van der Waals surface area contributed by atoms with Crippen molar-refractivity contribution in [2.24, 2.45) is 0 Å². The molecule has 1 aliphatic heterocycles. The van der Waals surface area contributed by atoms with Crippen molar-refractivity contribution in [1.29, 1.82) is 0 Å². The predicted molar refractivity (Wildman–Crippen MR) is 118 cm³/mol. The van der Waals surface area contributed by atoms with Gasteiger partial charge < -0.3 is 14.2 Å². The minimum Gasteiger partial charge on any atom is -0.378 e. The Morgan fingerprint density at radius 2 is 1.72 bits per heavy atom. The summed E-state index contributed by atoms with van der Waals surface area (Å²) in [7, 11) is -3.86. The largest absolute Gasteiger partial charge is 0.378 e. The van der Waals surface area contributed by atoms with Crippen LogP contribution in [0.1, 0.15) is 27.4 Å². The molecule has 1 N–H and O–H groups in total. The molecule has 0 unspecified atom stereocenters. The Hall–Kier alpha value is -3.24. The summed E-state index contributed by atoms with van der Waals surface area (Å²) in [5.41, 5.74) is 3.54. The first kappa shape index (κ1) is 22.0. The van der Waals surface area contributed by atoms with Gasteiger partial charge in [-0.25, -0.2) is 8.42 Å². The fourth-order valence-corrected chi connectivity index (χ4v) is 4.69. The number of nitrogens with one attached hydrogen (secondary N) is 1. The van der Waals surface area contributed by atoms with Gasteiger partial charge in [0, 0.05) is 24.3 Å². The van der Waals surface area contributed by atoms with Gasteiger partial charge in [-0.1, -0.05) is 23.4 Å². The van der Waals surface area contributed by atoms with Crippen LogP contribution in [0.15, 0.2) is 45.8 Å². The zero-order chi connectivity index (χ0) is 22.9. The van der Waals surface area contributed by atoms with Gasteiger partial charge in [-0.2, -0.15) is 4.98 Å². The molecule has 0 bridgehead atoms. The Bertz CT molecular complexity index is 1260. The van der Waals surface area contributed by atoms with E-state index in [0.717, 1.165) is 11.1 Å². The van der Waals surface area contributed by atoms with Gasteiger partial charge in [0.25, 0.3) is 10.0 Å². The molecule has 4 rings (SSSR count). The van der Waals surface area contributed by atoms with Crippen LogP contribution in [0.25, 0.3) is 11.4 Å². The van der Waals surface area contributed by atoms with Crippen molar-refractivity contribution in [1.82, 2.24) is 15.0 Å². The molecule has 3 aromatic rings. The first-order valence-electron chi connectivity index (χ1n) is 10.2. The quantitative estimate of drug-likeness (QED) is 0.628. The van der Waals surface area contributed by atoms with Crippen molar-refractivity contribution in [3.8, 4) is 11.4 Å².